The predicted octanol–water partition coefficient (Wildman–Crippen LogP) is 3.85. The quantitative estimate of drug-likeness (QED) is 0.523. The number of hydrogen-bond donors (Lipinski definition) is 0. The summed E-state index contributed by atoms with van der Waals surface area (Å²) in [5.41, 5.74) is 1.32. The van der Waals surface area contributed by atoms with E-state index in [1.54, 1.807) is 0 Å². The molecule has 0 saturated heterocycles. The molecule has 1 aliphatic carbocycles. The molecule has 1 aromatic rings. The average molecular weight is 248 g/mol. The summed E-state index contributed by atoms with van der Waals surface area (Å²) in [7, 11) is 0. The Bertz CT molecular complexity index is 344. The van der Waals surface area contributed by atoms with Crippen molar-refractivity contribution in [3.8, 4) is 0 Å². The normalized spacial score (nSPS) is 30.6. The van der Waals surface area contributed by atoms with E-state index in [4.69, 9.17) is 0 Å². The van der Waals surface area contributed by atoms with Crippen molar-refractivity contribution in [1.29, 1.82) is 0 Å². The SMILES string of the molecule is CC1(Br)[C]=CC(c2ccccc2)C=C1. The zero-order valence-corrected chi connectivity index (χ0v) is 9.66. The fourth-order valence-electron chi connectivity index (χ4n) is 1.52. The van der Waals surface area contributed by atoms with Crippen LogP contribution in [0.1, 0.15) is 18.4 Å². The fourth-order valence-corrected chi connectivity index (χ4v) is 1.81. The third kappa shape index (κ3) is 2.16. The molecule has 0 aliphatic heterocycles. The zero-order valence-electron chi connectivity index (χ0n) is 8.07. The van der Waals surface area contributed by atoms with Gasteiger partial charge in [0, 0.05) is 5.92 Å². The highest BCUT2D eigenvalue weighted by Gasteiger charge is 2.18. The molecular weight excluding hydrogens is 236 g/mol. The Morgan fingerprint density at radius 2 is 2.00 bits per heavy atom. The van der Waals surface area contributed by atoms with Gasteiger partial charge in [-0.3, -0.25) is 0 Å². The first-order valence-electron chi connectivity index (χ1n) is 4.72. The van der Waals surface area contributed by atoms with Gasteiger partial charge in [-0.25, -0.2) is 0 Å². The average Bonchev–Trinajstić information content (AvgIpc) is 2.19. The molecule has 0 aromatic heterocycles. The van der Waals surface area contributed by atoms with Crippen LogP contribution in [-0.2, 0) is 0 Å². The fraction of sp³-hybridized carbons (Fsp3) is 0.231. The first kappa shape index (κ1) is 9.72. The van der Waals surface area contributed by atoms with E-state index < -0.39 is 0 Å². The van der Waals surface area contributed by atoms with Crippen molar-refractivity contribution in [2.24, 2.45) is 0 Å². The van der Waals surface area contributed by atoms with Gasteiger partial charge >= 0.3 is 0 Å². The third-order valence-electron chi connectivity index (χ3n) is 2.35. The minimum atomic E-state index is -0.0850. The summed E-state index contributed by atoms with van der Waals surface area (Å²) in [4.78, 5) is 0. The lowest BCUT2D eigenvalue weighted by Gasteiger charge is -2.19. The van der Waals surface area contributed by atoms with Crippen molar-refractivity contribution in [2.75, 3.05) is 0 Å². The van der Waals surface area contributed by atoms with E-state index in [2.05, 4.69) is 71.4 Å². The van der Waals surface area contributed by atoms with Crippen molar-refractivity contribution in [3.63, 3.8) is 0 Å². The lowest BCUT2D eigenvalue weighted by atomic mass is 9.91. The summed E-state index contributed by atoms with van der Waals surface area (Å²) in [5, 5.41) is 0. The van der Waals surface area contributed by atoms with Crippen LogP contribution in [0, 0.1) is 6.08 Å². The standard InChI is InChI=1S/C13H12Br/c1-13(14)9-7-12(8-10-13)11-5-3-2-4-6-11/h2-9,12H,1H3. The molecule has 0 amide bonds. The van der Waals surface area contributed by atoms with Gasteiger partial charge in [-0.15, -0.1) is 0 Å². The molecule has 0 heterocycles. The maximum atomic E-state index is 3.56. The van der Waals surface area contributed by atoms with Crippen molar-refractivity contribution in [1.82, 2.24) is 0 Å². The number of rotatable bonds is 1. The lowest BCUT2D eigenvalue weighted by molar-refractivity contribution is 0.915. The number of halogens is 1. The first-order valence-corrected chi connectivity index (χ1v) is 5.51. The molecule has 1 radical (unpaired) electrons. The van der Waals surface area contributed by atoms with Crippen molar-refractivity contribution < 1.29 is 0 Å². The van der Waals surface area contributed by atoms with Crippen LogP contribution in [0.2, 0.25) is 0 Å². The molecule has 1 heteroatoms. The minimum Gasteiger partial charge on any atom is -0.0758 e. The van der Waals surface area contributed by atoms with Crippen LogP contribution in [0.25, 0.3) is 0 Å². The van der Waals surface area contributed by atoms with Gasteiger partial charge in [-0.2, -0.15) is 0 Å². The summed E-state index contributed by atoms with van der Waals surface area (Å²) in [6.07, 6.45) is 9.78. The maximum absolute atomic E-state index is 3.56. The number of hydrogen-bond acceptors (Lipinski definition) is 0. The van der Waals surface area contributed by atoms with E-state index in [0.717, 1.165) is 0 Å². The Morgan fingerprint density at radius 3 is 2.57 bits per heavy atom. The van der Waals surface area contributed by atoms with Gasteiger partial charge in [-0.05, 0) is 18.6 Å². The van der Waals surface area contributed by atoms with Gasteiger partial charge in [-0.1, -0.05) is 64.5 Å². The molecule has 0 bridgehead atoms. The topological polar surface area (TPSA) is 0 Å². The summed E-state index contributed by atoms with van der Waals surface area (Å²) < 4.78 is -0.0850. The Morgan fingerprint density at radius 1 is 1.29 bits per heavy atom. The second-order valence-corrected chi connectivity index (χ2v) is 5.33. The van der Waals surface area contributed by atoms with E-state index in [9.17, 15) is 0 Å². The first-order chi connectivity index (χ1) is 6.67. The molecule has 0 saturated carbocycles. The Kier molecular flexibility index (Phi) is 2.60. The summed E-state index contributed by atoms with van der Waals surface area (Å²) in [5.74, 6) is 0.377. The monoisotopic (exact) mass is 247 g/mol. The van der Waals surface area contributed by atoms with E-state index in [1.165, 1.54) is 5.56 Å². The Hall–Kier alpha value is -0.820. The molecule has 0 spiro atoms. The molecule has 0 fully saturated rings. The molecular formula is C13H12Br. The zero-order chi connectivity index (χ0) is 10.0. The van der Waals surface area contributed by atoms with Crippen LogP contribution in [0.5, 0.6) is 0 Å². The molecule has 2 rings (SSSR count). The third-order valence-corrected chi connectivity index (χ3v) is 2.84. The van der Waals surface area contributed by atoms with Gasteiger partial charge in [0.15, 0.2) is 0 Å². The van der Waals surface area contributed by atoms with Gasteiger partial charge in [0.05, 0.1) is 4.32 Å². The van der Waals surface area contributed by atoms with E-state index in [-0.39, 0.29) is 4.32 Å². The van der Waals surface area contributed by atoms with Gasteiger partial charge < -0.3 is 0 Å². The lowest BCUT2D eigenvalue weighted by Crippen LogP contribution is -2.12. The van der Waals surface area contributed by atoms with Gasteiger partial charge in [0.2, 0.25) is 0 Å². The van der Waals surface area contributed by atoms with Crippen LogP contribution >= 0.6 is 15.9 Å². The van der Waals surface area contributed by atoms with E-state index in [1.807, 2.05) is 6.07 Å². The molecule has 0 nitrogen and oxygen atoms in total. The molecule has 0 N–H and O–H groups in total. The summed E-state index contributed by atoms with van der Waals surface area (Å²) >= 11 is 3.56. The van der Waals surface area contributed by atoms with Crippen molar-refractivity contribution >= 4 is 15.9 Å². The highest BCUT2D eigenvalue weighted by molar-refractivity contribution is 9.10. The number of allylic oxidation sites excluding steroid dienone is 4. The second-order valence-electron chi connectivity index (χ2n) is 3.68. The largest absolute Gasteiger partial charge is 0.0758 e. The maximum Gasteiger partial charge on any atom is 0.0658 e. The molecule has 2 atom stereocenters. The van der Waals surface area contributed by atoms with Crippen LogP contribution in [0.15, 0.2) is 48.6 Å². The van der Waals surface area contributed by atoms with Crippen molar-refractivity contribution in [2.45, 2.75) is 17.2 Å². The van der Waals surface area contributed by atoms with E-state index in [0.29, 0.717) is 5.92 Å². The summed E-state index contributed by atoms with van der Waals surface area (Å²) in [6, 6.07) is 10.5. The van der Waals surface area contributed by atoms with Gasteiger partial charge in [0.25, 0.3) is 0 Å². The highest BCUT2D eigenvalue weighted by atomic mass is 79.9. The van der Waals surface area contributed by atoms with Gasteiger partial charge in [0.1, 0.15) is 0 Å². The highest BCUT2D eigenvalue weighted by Crippen LogP contribution is 2.30. The second kappa shape index (κ2) is 3.74. The van der Waals surface area contributed by atoms with E-state index >= 15 is 0 Å². The number of alkyl halides is 1. The molecule has 14 heavy (non-hydrogen) atoms. The molecule has 1 aromatic carbocycles. The summed E-state index contributed by atoms with van der Waals surface area (Å²) in [6.45, 7) is 2.08. The van der Waals surface area contributed by atoms with Crippen molar-refractivity contribution in [3.05, 3.63) is 60.2 Å². The minimum absolute atomic E-state index is 0.0850. The Balaban J connectivity index is 2.22. The van der Waals surface area contributed by atoms with Crippen LogP contribution < -0.4 is 0 Å². The molecule has 2 unspecified atom stereocenters. The van der Waals surface area contributed by atoms with Crippen LogP contribution in [0.3, 0.4) is 0 Å². The Labute approximate surface area is 93.5 Å². The van der Waals surface area contributed by atoms with Crippen LogP contribution in [-0.4, -0.2) is 4.32 Å². The predicted molar refractivity (Wildman–Crippen MR) is 63.5 cm³/mol. The molecule has 71 valence electrons. The molecule has 1 aliphatic rings. The van der Waals surface area contributed by atoms with Crippen LogP contribution in [0.4, 0.5) is 0 Å². The number of benzene rings is 1. The smallest absolute Gasteiger partial charge is 0.0658 e.